The maximum absolute atomic E-state index is 12.0. The van der Waals surface area contributed by atoms with Crippen molar-refractivity contribution in [1.82, 2.24) is 0 Å². The Balaban J connectivity index is 5.05. The van der Waals surface area contributed by atoms with Crippen LogP contribution in [0.3, 0.4) is 0 Å². The Kier molecular flexibility index (Phi) is 2.53. The van der Waals surface area contributed by atoms with Crippen molar-refractivity contribution in [3.05, 3.63) is 0 Å². The summed E-state index contributed by atoms with van der Waals surface area (Å²) in [5.74, 6) is 0. The van der Waals surface area contributed by atoms with Crippen molar-refractivity contribution < 1.29 is 16.8 Å². The third kappa shape index (κ3) is 2.36. The molecule has 0 radical (unpaired) electrons. The molecule has 0 aliphatic rings. The summed E-state index contributed by atoms with van der Waals surface area (Å²) in [6.07, 6.45) is 0. The molecule has 0 atom stereocenters. The zero-order chi connectivity index (χ0) is 8.89. The van der Waals surface area contributed by atoms with E-state index in [1.165, 1.54) is 0 Å². The molecule has 0 aliphatic carbocycles. The van der Waals surface area contributed by atoms with Crippen LogP contribution in [0.1, 0.15) is 0 Å². The van der Waals surface area contributed by atoms with Crippen LogP contribution >= 0.6 is 56.2 Å². The third-order valence-corrected chi connectivity index (χ3v) is 16.5. The fraction of sp³-hybridized carbons (Fsp3) is 0. The summed E-state index contributed by atoms with van der Waals surface area (Å²) >= 11 is 16.1. The van der Waals surface area contributed by atoms with Crippen LogP contribution in [0.2, 0.25) is 0 Å². The van der Waals surface area contributed by atoms with E-state index in [2.05, 4.69) is 45.0 Å². The van der Waals surface area contributed by atoms with Crippen LogP contribution in [0.25, 0.3) is 0 Å². The van der Waals surface area contributed by atoms with E-state index in [4.69, 9.17) is 0 Å². The van der Waals surface area contributed by atoms with Gasteiger partial charge in [-0.15, -0.1) is 0 Å². The minimum atomic E-state index is -7.17. The van der Waals surface area contributed by atoms with Gasteiger partial charge < -0.3 is 0 Å². The Morgan fingerprint density at radius 3 is 0.700 bits per heavy atom. The molecule has 66 valence electrons. The maximum atomic E-state index is 12.0. The second-order valence-electron chi connectivity index (χ2n) is 1.37. The summed E-state index contributed by atoms with van der Waals surface area (Å²) < 4.78 is 48.0. The van der Waals surface area contributed by atoms with Gasteiger partial charge in [0.1, 0.15) is 0 Å². The molecule has 0 nitrogen and oxygen atoms in total. The van der Waals surface area contributed by atoms with Crippen molar-refractivity contribution >= 4 is 56.2 Å². The molecule has 0 aromatic carbocycles. The topological polar surface area (TPSA) is 0 Å². The first-order chi connectivity index (χ1) is 3.78. The van der Waals surface area contributed by atoms with Gasteiger partial charge in [0.15, 0.2) is 0 Å². The molecule has 0 aromatic heterocycles. The van der Waals surface area contributed by atoms with Gasteiger partial charge in [-0.05, 0) is 0 Å². The minimum absolute atomic E-state index is 4.01. The molecule has 0 bridgehead atoms. The number of halogens is 8. The first kappa shape index (κ1) is 11.7. The van der Waals surface area contributed by atoms with Gasteiger partial charge in [0, 0.05) is 0 Å². The van der Waals surface area contributed by atoms with Crippen molar-refractivity contribution in [2.45, 2.75) is 0 Å². The van der Waals surface area contributed by atoms with Gasteiger partial charge >= 0.3 is 73.0 Å². The molecule has 10 heavy (non-hydrogen) atoms. The van der Waals surface area contributed by atoms with Crippen LogP contribution in [-0.2, 0) is 0 Å². The van der Waals surface area contributed by atoms with Crippen LogP contribution in [0.4, 0.5) is 16.8 Å². The zero-order valence-corrected chi connectivity index (χ0v) is 8.73. The Bertz CT molecular complexity index is 121. The number of hydrogen-bond acceptors (Lipinski definition) is 0. The van der Waals surface area contributed by atoms with Gasteiger partial charge in [-0.1, -0.05) is 0 Å². The molecule has 0 fully saturated rings. The van der Waals surface area contributed by atoms with Crippen molar-refractivity contribution in [3.8, 4) is 0 Å². The summed E-state index contributed by atoms with van der Waals surface area (Å²) in [4.78, 5) is 0. The second-order valence-corrected chi connectivity index (χ2v) is 19.3. The van der Waals surface area contributed by atoms with Gasteiger partial charge in [0.05, 0.1) is 0 Å². The summed E-state index contributed by atoms with van der Waals surface area (Å²) in [6, 6.07) is 0. The quantitative estimate of drug-likeness (QED) is 0.398. The average molecular weight is 280 g/mol. The van der Waals surface area contributed by atoms with E-state index < -0.39 is 11.2 Å². The van der Waals surface area contributed by atoms with Crippen LogP contribution < -0.4 is 0 Å². The standard InChI is InChI=1S/Cl4F4P2/c1-9(2,5,6)10(3,4,7)8. The van der Waals surface area contributed by atoms with E-state index in [1.807, 2.05) is 0 Å². The van der Waals surface area contributed by atoms with Crippen molar-refractivity contribution in [2.24, 2.45) is 0 Å². The molecular formula is Cl4F4P2. The first-order valence-electron chi connectivity index (χ1n) is 1.55. The predicted molar refractivity (Wildman–Crippen MR) is 41.7 cm³/mol. The summed E-state index contributed by atoms with van der Waals surface area (Å²) in [6.45, 7) is 0. The predicted octanol–water partition coefficient (Wildman–Crippen LogP) is 6.16. The van der Waals surface area contributed by atoms with Gasteiger partial charge in [-0.3, -0.25) is 0 Å². The van der Waals surface area contributed by atoms with Gasteiger partial charge in [0.2, 0.25) is 0 Å². The average Bonchev–Trinajstić information content (AvgIpc) is 1.14. The molecule has 0 N–H and O–H groups in total. The molecule has 0 unspecified atom stereocenters. The molecule has 0 heterocycles. The third-order valence-electron chi connectivity index (χ3n) is 0.457. The van der Waals surface area contributed by atoms with E-state index in [9.17, 15) is 16.8 Å². The summed E-state index contributed by atoms with van der Waals surface area (Å²) in [7, 11) is 0. The van der Waals surface area contributed by atoms with Gasteiger partial charge in [0.25, 0.3) is 0 Å². The monoisotopic (exact) mass is 278 g/mol. The molecule has 0 saturated heterocycles. The fourth-order valence-electron chi connectivity index (χ4n) is 0. The molecule has 0 rings (SSSR count). The number of hydrogen-bond donors (Lipinski definition) is 0. The normalized spacial score (nSPS) is 22.4. The number of rotatable bonds is 1. The van der Waals surface area contributed by atoms with Gasteiger partial charge in [-0.2, -0.15) is 0 Å². The van der Waals surface area contributed by atoms with Crippen LogP contribution in [0, 0.1) is 0 Å². The molecule has 0 amide bonds. The zero-order valence-electron chi connectivity index (χ0n) is 3.92. The molecule has 0 saturated carbocycles. The molecule has 0 aliphatic heterocycles. The van der Waals surface area contributed by atoms with Crippen LogP contribution in [-0.4, -0.2) is 0 Å². The van der Waals surface area contributed by atoms with Gasteiger partial charge in [-0.25, -0.2) is 0 Å². The Morgan fingerprint density at radius 1 is 0.600 bits per heavy atom. The van der Waals surface area contributed by atoms with Crippen molar-refractivity contribution in [2.75, 3.05) is 0 Å². The molecule has 10 heteroatoms. The van der Waals surface area contributed by atoms with E-state index in [0.29, 0.717) is 0 Å². The summed E-state index contributed by atoms with van der Waals surface area (Å²) in [5, 5.41) is 0. The van der Waals surface area contributed by atoms with E-state index in [0.717, 1.165) is 0 Å². The Labute approximate surface area is 73.1 Å². The van der Waals surface area contributed by atoms with E-state index in [1.54, 1.807) is 0 Å². The summed E-state index contributed by atoms with van der Waals surface area (Å²) in [5.41, 5.74) is -14.3. The molecular weight excluding hydrogens is 280 g/mol. The fourth-order valence-corrected chi connectivity index (χ4v) is 0. The molecule has 0 spiro atoms. The van der Waals surface area contributed by atoms with Crippen molar-refractivity contribution in [1.29, 1.82) is 0 Å². The van der Waals surface area contributed by atoms with Crippen molar-refractivity contribution in [3.63, 3.8) is 0 Å². The Morgan fingerprint density at radius 2 is 0.700 bits per heavy atom. The second kappa shape index (κ2) is 2.16. The SMILES string of the molecule is FP(F)(Cl)(Cl)P(F)(F)(Cl)Cl. The Hall–Kier alpha value is 1.74. The van der Waals surface area contributed by atoms with Crippen LogP contribution in [0.15, 0.2) is 0 Å². The van der Waals surface area contributed by atoms with E-state index in [-0.39, 0.29) is 0 Å². The first-order valence-corrected chi connectivity index (χ1v) is 9.91. The molecule has 0 aromatic rings. The van der Waals surface area contributed by atoms with E-state index >= 15 is 0 Å². The van der Waals surface area contributed by atoms with Crippen LogP contribution in [0.5, 0.6) is 0 Å².